The highest BCUT2D eigenvalue weighted by atomic mass is 16.7. The molecule has 1 aromatic carbocycles. The van der Waals surface area contributed by atoms with Crippen molar-refractivity contribution in [3.63, 3.8) is 0 Å². The van der Waals surface area contributed by atoms with Crippen molar-refractivity contribution in [1.29, 1.82) is 0 Å². The van der Waals surface area contributed by atoms with Crippen molar-refractivity contribution in [2.75, 3.05) is 20.3 Å². The first kappa shape index (κ1) is 17.0. The summed E-state index contributed by atoms with van der Waals surface area (Å²) in [6, 6.07) is 6.42. The van der Waals surface area contributed by atoms with E-state index in [9.17, 15) is 5.11 Å². The van der Waals surface area contributed by atoms with Crippen LogP contribution in [0.25, 0.3) is 0 Å². The minimum absolute atomic E-state index is 0.00136. The second-order valence-corrected chi connectivity index (χ2v) is 9.28. The third-order valence-corrected chi connectivity index (χ3v) is 8.08. The average Bonchev–Trinajstić information content (AvgIpc) is 3.20. The van der Waals surface area contributed by atoms with Gasteiger partial charge in [0.05, 0.1) is 25.9 Å². The van der Waals surface area contributed by atoms with E-state index in [0.717, 1.165) is 31.4 Å². The summed E-state index contributed by atoms with van der Waals surface area (Å²) >= 11 is 0. The van der Waals surface area contributed by atoms with Crippen LogP contribution in [-0.4, -0.2) is 36.8 Å². The van der Waals surface area contributed by atoms with E-state index in [1.165, 1.54) is 11.1 Å². The molecule has 2 saturated carbocycles. The lowest BCUT2D eigenvalue weighted by atomic mass is 9.51. The predicted molar refractivity (Wildman–Crippen MR) is 98.3 cm³/mol. The van der Waals surface area contributed by atoms with Crippen LogP contribution >= 0.6 is 0 Å². The molecule has 0 amide bonds. The van der Waals surface area contributed by atoms with E-state index in [1.807, 2.05) is 6.92 Å². The van der Waals surface area contributed by atoms with Crippen LogP contribution in [0.3, 0.4) is 0 Å². The number of aliphatic hydroxyl groups is 1. The summed E-state index contributed by atoms with van der Waals surface area (Å²) in [5.74, 6) is 1.57. The maximum Gasteiger partial charge on any atom is 0.174 e. The van der Waals surface area contributed by atoms with Gasteiger partial charge in [0.25, 0.3) is 0 Å². The maximum absolute atomic E-state index is 11.6. The van der Waals surface area contributed by atoms with Crippen LogP contribution in [0.15, 0.2) is 18.2 Å². The highest BCUT2D eigenvalue weighted by molar-refractivity contribution is 5.42. The van der Waals surface area contributed by atoms with Crippen LogP contribution < -0.4 is 4.74 Å². The summed E-state index contributed by atoms with van der Waals surface area (Å²) in [5, 5.41) is 11.6. The number of hydrogen-bond acceptors (Lipinski definition) is 4. The van der Waals surface area contributed by atoms with Gasteiger partial charge in [-0.15, -0.1) is 0 Å². The van der Waals surface area contributed by atoms with Crippen molar-refractivity contribution in [2.45, 2.75) is 63.3 Å². The minimum Gasteiger partial charge on any atom is -0.497 e. The average molecular weight is 358 g/mol. The molecule has 5 rings (SSSR count). The first-order chi connectivity index (χ1) is 12.4. The largest absolute Gasteiger partial charge is 0.497 e. The molecule has 4 aliphatic rings. The Bertz CT molecular complexity index is 721. The lowest BCUT2D eigenvalue weighted by Crippen LogP contribution is -2.57. The Morgan fingerprint density at radius 3 is 2.62 bits per heavy atom. The molecular formula is C22H30O4. The zero-order valence-electron chi connectivity index (χ0n) is 16.1. The zero-order chi connectivity index (χ0) is 18.2. The van der Waals surface area contributed by atoms with Crippen LogP contribution in [0.2, 0.25) is 0 Å². The van der Waals surface area contributed by atoms with Crippen molar-refractivity contribution in [1.82, 2.24) is 0 Å². The van der Waals surface area contributed by atoms with Crippen molar-refractivity contribution < 1.29 is 19.3 Å². The van der Waals surface area contributed by atoms with Gasteiger partial charge in [0.15, 0.2) is 5.79 Å². The number of methoxy groups -OCH3 is 1. The molecule has 142 valence electrons. The first-order valence-corrected chi connectivity index (χ1v) is 10.1. The molecule has 0 unspecified atom stereocenters. The lowest BCUT2D eigenvalue weighted by molar-refractivity contribution is -0.244. The van der Waals surface area contributed by atoms with Gasteiger partial charge in [0.1, 0.15) is 5.75 Å². The Balaban J connectivity index is 1.57. The monoisotopic (exact) mass is 358 g/mol. The molecule has 3 aliphatic carbocycles. The van der Waals surface area contributed by atoms with Gasteiger partial charge in [-0.2, -0.15) is 0 Å². The fourth-order valence-electron chi connectivity index (χ4n) is 6.97. The molecule has 0 bridgehead atoms. The van der Waals surface area contributed by atoms with Gasteiger partial charge in [-0.05, 0) is 67.2 Å². The van der Waals surface area contributed by atoms with E-state index in [1.54, 1.807) is 7.11 Å². The minimum atomic E-state index is -0.708. The molecule has 4 nitrogen and oxygen atoms in total. The van der Waals surface area contributed by atoms with E-state index in [0.29, 0.717) is 31.5 Å². The fourth-order valence-corrected chi connectivity index (χ4v) is 6.97. The summed E-state index contributed by atoms with van der Waals surface area (Å²) in [5.41, 5.74) is 1.96. The number of benzene rings is 1. The van der Waals surface area contributed by atoms with E-state index in [2.05, 4.69) is 25.1 Å². The molecule has 0 radical (unpaired) electrons. The van der Waals surface area contributed by atoms with Crippen LogP contribution in [0, 0.1) is 17.3 Å². The van der Waals surface area contributed by atoms with Gasteiger partial charge in [0.2, 0.25) is 0 Å². The van der Waals surface area contributed by atoms with Gasteiger partial charge < -0.3 is 19.3 Å². The maximum atomic E-state index is 11.6. The van der Waals surface area contributed by atoms with Crippen LogP contribution in [0.1, 0.15) is 56.6 Å². The number of hydrogen-bond donors (Lipinski definition) is 1. The van der Waals surface area contributed by atoms with Crippen LogP contribution in [-0.2, 0) is 15.9 Å². The van der Waals surface area contributed by atoms with Crippen molar-refractivity contribution in [2.24, 2.45) is 17.3 Å². The van der Waals surface area contributed by atoms with Crippen LogP contribution in [0.5, 0.6) is 5.75 Å². The van der Waals surface area contributed by atoms with Crippen molar-refractivity contribution in [3.8, 4) is 5.75 Å². The molecule has 1 N–H and O–H groups in total. The van der Waals surface area contributed by atoms with E-state index >= 15 is 0 Å². The van der Waals surface area contributed by atoms with E-state index in [-0.39, 0.29) is 11.3 Å². The molecule has 3 fully saturated rings. The number of rotatable bonds is 1. The molecule has 26 heavy (non-hydrogen) atoms. The Hall–Kier alpha value is -1.10. The standard InChI is InChI=1S/C22H30O4/c1-20-8-6-17-16-5-4-15(24-3)12-14(16)13-21(2,23)19(17)18(20)7-9-22(20)25-10-11-26-22/h4-5,12,17-19,23H,6-11,13H2,1-3H3/t17-,18+,19-,20+,21+/m1/s1. The Labute approximate surface area is 155 Å². The van der Waals surface area contributed by atoms with Crippen molar-refractivity contribution >= 4 is 0 Å². The van der Waals surface area contributed by atoms with Gasteiger partial charge in [-0.25, -0.2) is 0 Å². The predicted octanol–water partition coefficient (Wildman–Crippen LogP) is 3.66. The summed E-state index contributed by atoms with van der Waals surface area (Å²) in [6.45, 7) is 5.80. The highest BCUT2D eigenvalue weighted by Gasteiger charge is 2.67. The normalized spacial score (nSPS) is 43.0. The first-order valence-electron chi connectivity index (χ1n) is 10.1. The molecule has 1 heterocycles. The third-order valence-electron chi connectivity index (χ3n) is 8.08. The molecule has 5 atom stereocenters. The Morgan fingerprint density at radius 2 is 1.88 bits per heavy atom. The molecule has 1 aliphatic heterocycles. The topological polar surface area (TPSA) is 47.9 Å². The number of fused-ring (bicyclic) bond motifs is 6. The van der Waals surface area contributed by atoms with Crippen molar-refractivity contribution in [3.05, 3.63) is 29.3 Å². The molecule has 0 aromatic heterocycles. The smallest absolute Gasteiger partial charge is 0.174 e. The summed E-state index contributed by atoms with van der Waals surface area (Å²) in [7, 11) is 1.71. The van der Waals surface area contributed by atoms with E-state index < -0.39 is 11.4 Å². The highest BCUT2D eigenvalue weighted by Crippen LogP contribution is 2.67. The Morgan fingerprint density at radius 1 is 1.12 bits per heavy atom. The molecule has 1 saturated heterocycles. The third kappa shape index (κ3) is 2.07. The van der Waals surface area contributed by atoms with Gasteiger partial charge in [-0.1, -0.05) is 13.0 Å². The summed E-state index contributed by atoms with van der Waals surface area (Å²) < 4.78 is 17.8. The molecule has 1 aromatic rings. The summed E-state index contributed by atoms with van der Waals surface area (Å²) in [4.78, 5) is 0. The number of ether oxygens (including phenoxy) is 3. The fraction of sp³-hybridized carbons (Fsp3) is 0.727. The van der Waals surface area contributed by atoms with Gasteiger partial charge in [0, 0.05) is 18.3 Å². The SMILES string of the molecule is COc1ccc2c(c1)C[C@](C)(O)[C@@H]1[C@@H]2CC[C@@]2(C)[C@H]1CCC21OCCO1. The zero-order valence-corrected chi connectivity index (χ0v) is 16.1. The molecule has 1 spiro atoms. The van der Waals surface area contributed by atoms with E-state index in [4.69, 9.17) is 14.2 Å². The molecular weight excluding hydrogens is 328 g/mol. The second kappa shape index (κ2) is 5.46. The summed E-state index contributed by atoms with van der Waals surface area (Å²) in [6.07, 6.45) is 4.92. The Kier molecular flexibility index (Phi) is 3.58. The quantitative estimate of drug-likeness (QED) is 0.832. The van der Waals surface area contributed by atoms with Crippen LogP contribution in [0.4, 0.5) is 0 Å². The lowest BCUT2D eigenvalue weighted by Gasteiger charge is -2.56. The van der Waals surface area contributed by atoms with Gasteiger partial charge >= 0.3 is 0 Å². The molecule has 4 heteroatoms. The second-order valence-electron chi connectivity index (χ2n) is 9.28. The van der Waals surface area contributed by atoms with Gasteiger partial charge in [-0.3, -0.25) is 0 Å².